The van der Waals surface area contributed by atoms with Crippen molar-refractivity contribution >= 4 is 16.3 Å². The summed E-state index contributed by atoms with van der Waals surface area (Å²) in [5.74, 6) is 1.40. The summed E-state index contributed by atoms with van der Waals surface area (Å²) in [6.07, 6.45) is 2.12. The molecule has 2 aromatic heterocycles. The minimum Gasteiger partial charge on any atom is -0.324 e. The number of rotatable bonds is 4. The zero-order chi connectivity index (χ0) is 10.8. The predicted octanol–water partition coefficient (Wildman–Crippen LogP) is 1.55. The van der Waals surface area contributed by atoms with E-state index in [1.165, 1.54) is 11.3 Å². The van der Waals surface area contributed by atoms with Crippen molar-refractivity contribution in [2.45, 2.75) is 39.2 Å². The van der Waals surface area contributed by atoms with Gasteiger partial charge in [-0.3, -0.25) is 0 Å². The smallest absolute Gasteiger partial charge is 0.234 e. The van der Waals surface area contributed by atoms with E-state index >= 15 is 0 Å². The van der Waals surface area contributed by atoms with Gasteiger partial charge >= 0.3 is 0 Å². The molecule has 0 bridgehead atoms. The predicted molar refractivity (Wildman–Crippen MR) is 59.9 cm³/mol. The molecule has 0 fully saturated rings. The van der Waals surface area contributed by atoms with Gasteiger partial charge in [0, 0.05) is 12.5 Å². The molecule has 0 aliphatic rings. The fourth-order valence-corrected chi connectivity index (χ4v) is 2.38. The maximum absolute atomic E-state index is 5.55. The van der Waals surface area contributed by atoms with Gasteiger partial charge in [0.2, 0.25) is 4.96 Å². The van der Waals surface area contributed by atoms with Crippen LogP contribution in [0.4, 0.5) is 0 Å². The molecule has 6 heteroatoms. The van der Waals surface area contributed by atoms with E-state index in [0.717, 1.165) is 28.6 Å². The summed E-state index contributed by atoms with van der Waals surface area (Å²) >= 11 is 1.51. The van der Waals surface area contributed by atoms with E-state index in [9.17, 15) is 0 Å². The molecule has 0 amide bonds. The number of nitrogens with two attached hydrogens (primary N) is 1. The van der Waals surface area contributed by atoms with Gasteiger partial charge in [-0.2, -0.15) is 9.61 Å². The topological polar surface area (TPSA) is 69.1 Å². The quantitative estimate of drug-likeness (QED) is 0.857. The van der Waals surface area contributed by atoms with Crippen molar-refractivity contribution < 1.29 is 0 Å². The average molecular weight is 225 g/mol. The molecule has 0 radical (unpaired) electrons. The lowest BCUT2D eigenvalue weighted by Gasteiger charge is -2.07. The molecule has 0 aliphatic carbocycles. The molecule has 0 saturated heterocycles. The first kappa shape index (κ1) is 10.5. The highest BCUT2D eigenvalue weighted by Crippen LogP contribution is 2.23. The van der Waals surface area contributed by atoms with E-state index in [1.807, 2.05) is 4.52 Å². The first-order valence-corrected chi connectivity index (χ1v) is 6.02. The van der Waals surface area contributed by atoms with Crippen LogP contribution in [0.3, 0.4) is 0 Å². The highest BCUT2D eigenvalue weighted by Gasteiger charge is 2.17. The van der Waals surface area contributed by atoms with E-state index < -0.39 is 0 Å². The molecule has 0 spiro atoms. The minimum absolute atomic E-state index is 0.438. The summed E-state index contributed by atoms with van der Waals surface area (Å²) in [5.41, 5.74) is 5.55. The van der Waals surface area contributed by atoms with Gasteiger partial charge in [-0.15, -0.1) is 10.2 Å². The van der Waals surface area contributed by atoms with Crippen LogP contribution in [0, 0.1) is 0 Å². The third-order valence-electron chi connectivity index (χ3n) is 2.58. The highest BCUT2D eigenvalue weighted by atomic mass is 32.1. The summed E-state index contributed by atoms with van der Waals surface area (Å²) in [6, 6.07) is 0. The Balaban J connectivity index is 2.46. The van der Waals surface area contributed by atoms with E-state index in [2.05, 4.69) is 29.1 Å². The Hall–Kier alpha value is -1.01. The Morgan fingerprint density at radius 2 is 2.07 bits per heavy atom. The van der Waals surface area contributed by atoms with Gasteiger partial charge in [-0.25, -0.2) is 0 Å². The van der Waals surface area contributed by atoms with Gasteiger partial charge in [0.05, 0.1) is 0 Å². The van der Waals surface area contributed by atoms with Crippen molar-refractivity contribution in [2.75, 3.05) is 0 Å². The third-order valence-corrected chi connectivity index (χ3v) is 3.50. The molecule has 0 saturated carbocycles. The summed E-state index contributed by atoms with van der Waals surface area (Å²) in [4.78, 5) is 0.845. The van der Waals surface area contributed by atoms with Crippen LogP contribution < -0.4 is 5.73 Å². The van der Waals surface area contributed by atoms with Gasteiger partial charge in [-0.1, -0.05) is 25.2 Å². The van der Waals surface area contributed by atoms with Gasteiger partial charge in [0.25, 0.3) is 0 Å². The number of hydrogen-bond acceptors (Lipinski definition) is 5. The first-order valence-electron chi connectivity index (χ1n) is 5.21. The Morgan fingerprint density at radius 1 is 1.33 bits per heavy atom. The van der Waals surface area contributed by atoms with Gasteiger partial charge < -0.3 is 5.73 Å². The summed E-state index contributed by atoms with van der Waals surface area (Å²) in [7, 11) is 0. The summed E-state index contributed by atoms with van der Waals surface area (Å²) in [5, 5.41) is 13.6. The van der Waals surface area contributed by atoms with Crippen molar-refractivity contribution in [2.24, 2.45) is 5.73 Å². The monoisotopic (exact) mass is 225 g/mol. The molecule has 2 N–H and O–H groups in total. The fraction of sp³-hybridized carbons (Fsp3) is 0.667. The molecule has 2 aromatic rings. The lowest BCUT2D eigenvalue weighted by atomic mass is 10.0. The second kappa shape index (κ2) is 4.24. The molecule has 15 heavy (non-hydrogen) atoms. The maximum atomic E-state index is 5.55. The first-order chi connectivity index (χ1) is 7.30. The molecule has 82 valence electrons. The van der Waals surface area contributed by atoms with Crippen molar-refractivity contribution in [3.63, 3.8) is 0 Å². The Morgan fingerprint density at radius 3 is 2.67 bits per heavy atom. The van der Waals surface area contributed by atoms with Crippen molar-refractivity contribution in [3.8, 4) is 0 Å². The Kier molecular flexibility index (Phi) is 2.97. The molecular weight excluding hydrogens is 210 g/mol. The lowest BCUT2D eigenvalue weighted by molar-refractivity contribution is 0.582. The highest BCUT2D eigenvalue weighted by molar-refractivity contribution is 7.16. The SMILES string of the molecule is CCC(CC)c1nnc2sc(CN)nn12. The van der Waals surface area contributed by atoms with E-state index in [-0.39, 0.29) is 0 Å². The second-order valence-electron chi connectivity index (χ2n) is 3.47. The normalized spacial score (nSPS) is 11.7. The standard InChI is InChI=1S/C9H15N5S/c1-3-6(4-2)8-11-12-9-14(8)13-7(5-10)15-9/h6H,3-5,10H2,1-2H3. The van der Waals surface area contributed by atoms with Crippen LogP contribution in [0.25, 0.3) is 4.96 Å². The van der Waals surface area contributed by atoms with E-state index in [4.69, 9.17) is 5.73 Å². The minimum atomic E-state index is 0.438. The summed E-state index contributed by atoms with van der Waals surface area (Å²) in [6.45, 7) is 4.79. The van der Waals surface area contributed by atoms with E-state index in [0.29, 0.717) is 12.5 Å². The zero-order valence-corrected chi connectivity index (χ0v) is 9.79. The molecule has 0 atom stereocenters. The van der Waals surface area contributed by atoms with Crippen LogP contribution in [0.1, 0.15) is 43.4 Å². The van der Waals surface area contributed by atoms with Crippen LogP contribution in [0.5, 0.6) is 0 Å². The maximum Gasteiger partial charge on any atom is 0.234 e. The zero-order valence-electron chi connectivity index (χ0n) is 8.97. The van der Waals surface area contributed by atoms with E-state index in [1.54, 1.807) is 0 Å². The van der Waals surface area contributed by atoms with Crippen LogP contribution in [-0.2, 0) is 6.54 Å². The van der Waals surface area contributed by atoms with Crippen LogP contribution >= 0.6 is 11.3 Å². The number of hydrogen-bond donors (Lipinski definition) is 1. The van der Waals surface area contributed by atoms with Gasteiger partial charge in [-0.05, 0) is 12.8 Å². The van der Waals surface area contributed by atoms with Crippen molar-refractivity contribution in [1.29, 1.82) is 0 Å². The molecule has 0 unspecified atom stereocenters. The Bertz CT molecular complexity index is 442. The molecule has 0 aliphatic heterocycles. The second-order valence-corrected chi connectivity index (χ2v) is 4.51. The number of nitrogens with zero attached hydrogens (tertiary/aromatic N) is 4. The van der Waals surface area contributed by atoms with Crippen LogP contribution in [0.2, 0.25) is 0 Å². The fourth-order valence-electron chi connectivity index (χ4n) is 1.66. The number of fused-ring (bicyclic) bond motifs is 1. The largest absolute Gasteiger partial charge is 0.324 e. The summed E-state index contributed by atoms with van der Waals surface area (Å²) < 4.78 is 1.84. The molecule has 5 nitrogen and oxygen atoms in total. The number of aromatic nitrogens is 4. The Labute approximate surface area is 92.3 Å². The van der Waals surface area contributed by atoms with Gasteiger partial charge in [0.1, 0.15) is 5.01 Å². The molecular formula is C9H15N5S. The third kappa shape index (κ3) is 1.74. The molecule has 2 heterocycles. The lowest BCUT2D eigenvalue weighted by Crippen LogP contribution is -2.04. The van der Waals surface area contributed by atoms with Crippen LogP contribution in [0.15, 0.2) is 0 Å². The van der Waals surface area contributed by atoms with Gasteiger partial charge in [0.15, 0.2) is 5.82 Å². The van der Waals surface area contributed by atoms with Crippen LogP contribution in [-0.4, -0.2) is 19.8 Å². The molecule has 2 rings (SSSR count). The van der Waals surface area contributed by atoms with Crippen molar-refractivity contribution in [1.82, 2.24) is 19.8 Å². The molecule has 0 aromatic carbocycles. The van der Waals surface area contributed by atoms with Crippen molar-refractivity contribution in [3.05, 3.63) is 10.8 Å². The average Bonchev–Trinajstić information content (AvgIpc) is 2.80.